The first-order valence-electron chi connectivity index (χ1n) is 8.34. The normalized spacial score (nSPS) is 10.9. The summed E-state index contributed by atoms with van der Waals surface area (Å²) in [6.07, 6.45) is 2.85. The molecule has 0 aliphatic carbocycles. The predicted molar refractivity (Wildman–Crippen MR) is 99.1 cm³/mol. The fourth-order valence-corrected chi connectivity index (χ4v) is 2.77. The van der Waals surface area contributed by atoms with Crippen LogP contribution in [0.1, 0.15) is 17.3 Å². The van der Waals surface area contributed by atoms with E-state index in [0.717, 1.165) is 5.56 Å². The van der Waals surface area contributed by atoms with Gasteiger partial charge in [-0.15, -0.1) is 5.10 Å². The molecule has 4 rings (SSSR count). The van der Waals surface area contributed by atoms with Crippen LogP contribution in [0.3, 0.4) is 0 Å². The lowest BCUT2D eigenvalue weighted by Gasteiger charge is -2.12. The van der Waals surface area contributed by atoms with Crippen molar-refractivity contribution >= 4 is 17.1 Å². The summed E-state index contributed by atoms with van der Waals surface area (Å²) in [6.45, 7) is 2.23. The molecule has 3 N–H and O–H groups in total. The molecule has 1 aromatic carbocycles. The largest absolute Gasteiger partial charge is 0.493 e. The Hall–Kier alpha value is -4.08. The van der Waals surface area contributed by atoms with Crippen molar-refractivity contribution in [3.8, 4) is 28.3 Å². The molecule has 10 nitrogen and oxygen atoms in total. The lowest BCUT2D eigenvalue weighted by atomic mass is 10.0. The first-order valence-corrected chi connectivity index (χ1v) is 8.34. The van der Waals surface area contributed by atoms with E-state index in [1.807, 2.05) is 6.92 Å². The van der Waals surface area contributed by atoms with Crippen molar-refractivity contribution in [3.63, 3.8) is 0 Å². The van der Waals surface area contributed by atoms with Gasteiger partial charge in [0.25, 0.3) is 5.56 Å². The number of hydrogen-bond donors (Lipinski definition) is 3. The van der Waals surface area contributed by atoms with Crippen LogP contribution in [0.25, 0.3) is 33.7 Å². The zero-order valence-electron chi connectivity index (χ0n) is 14.6. The van der Waals surface area contributed by atoms with Gasteiger partial charge in [0.2, 0.25) is 0 Å². The highest BCUT2D eigenvalue weighted by atomic mass is 16.5. The van der Waals surface area contributed by atoms with Gasteiger partial charge in [0.1, 0.15) is 11.6 Å². The minimum absolute atomic E-state index is 0.0859. The van der Waals surface area contributed by atoms with Crippen LogP contribution in [0.15, 0.2) is 41.5 Å². The van der Waals surface area contributed by atoms with Crippen molar-refractivity contribution in [2.45, 2.75) is 6.92 Å². The van der Waals surface area contributed by atoms with Gasteiger partial charge in [0, 0.05) is 18.0 Å². The summed E-state index contributed by atoms with van der Waals surface area (Å²) < 4.78 is 5.72. The standard InChI is InChI=1S/C18H14N6O4/c1-2-28-13-6-9(10-5-11(18(26)27)8-19-7-10)3-4-12(13)15-20-16-14(17(25)21-15)22-24-23-16/h3-8H,2H2,1H3,(H,26,27)(H2,20,21,22,23,24,25). The molecule has 0 unspecified atom stereocenters. The van der Waals surface area contributed by atoms with Crippen LogP contribution in [-0.4, -0.2) is 48.0 Å². The number of H-pyrrole nitrogens is 2. The number of nitrogens with one attached hydrogen (secondary N) is 2. The van der Waals surface area contributed by atoms with Gasteiger partial charge in [-0.05, 0) is 30.7 Å². The summed E-state index contributed by atoms with van der Waals surface area (Å²) in [5.41, 5.74) is 1.97. The molecule has 10 heteroatoms. The van der Waals surface area contributed by atoms with Crippen molar-refractivity contribution in [3.05, 3.63) is 52.6 Å². The summed E-state index contributed by atoms with van der Waals surface area (Å²) in [5.74, 6) is -0.272. The molecule has 0 saturated carbocycles. The Morgan fingerprint density at radius 2 is 2.07 bits per heavy atom. The molecule has 140 valence electrons. The number of carbonyl (C=O) groups is 1. The van der Waals surface area contributed by atoms with Crippen molar-refractivity contribution in [1.29, 1.82) is 0 Å². The Morgan fingerprint density at radius 3 is 2.86 bits per heavy atom. The Bertz CT molecular complexity index is 1250. The molecular formula is C18H14N6O4. The van der Waals surface area contributed by atoms with Crippen molar-refractivity contribution in [2.24, 2.45) is 0 Å². The van der Waals surface area contributed by atoms with Crippen LogP contribution in [-0.2, 0) is 0 Å². The quantitative estimate of drug-likeness (QED) is 0.477. The predicted octanol–water partition coefficient (Wildman–Crippen LogP) is 1.87. The second kappa shape index (κ2) is 6.91. The third-order valence-corrected chi connectivity index (χ3v) is 4.06. The monoisotopic (exact) mass is 378 g/mol. The van der Waals surface area contributed by atoms with Gasteiger partial charge in [0.05, 0.1) is 17.7 Å². The number of carboxylic acid groups (broad SMARTS) is 1. The fourth-order valence-electron chi connectivity index (χ4n) is 2.77. The van der Waals surface area contributed by atoms with Gasteiger partial charge < -0.3 is 14.8 Å². The Kier molecular flexibility index (Phi) is 4.28. The number of rotatable bonds is 5. The lowest BCUT2D eigenvalue weighted by Crippen LogP contribution is -2.10. The average Bonchev–Trinajstić information content (AvgIpc) is 3.17. The number of fused-ring (bicyclic) bond motifs is 1. The van der Waals surface area contributed by atoms with Crippen LogP contribution < -0.4 is 10.3 Å². The van der Waals surface area contributed by atoms with Crippen LogP contribution >= 0.6 is 0 Å². The van der Waals surface area contributed by atoms with Gasteiger partial charge in [-0.1, -0.05) is 11.3 Å². The molecule has 0 saturated heterocycles. The van der Waals surface area contributed by atoms with Gasteiger partial charge in [-0.2, -0.15) is 0 Å². The van der Waals surface area contributed by atoms with Crippen molar-refractivity contribution in [2.75, 3.05) is 6.61 Å². The summed E-state index contributed by atoms with van der Waals surface area (Å²) in [6, 6.07) is 6.79. The number of benzene rings is 1. The molecule has 3 aromatic heterocycles. The topological polar surface area (TPSA) is 147 Å². The molecule has 0 atom stereocenters. The van der Waals surface area contributed by atoms with Crippen LogP contribution in [0, 0.1) is 0 Å². The van der Waals surface area contributed by atoms with Crippen LogP contribution in [0.5, 0.6) is 5.75 Å². The zero-order chi connectivity index (χ0) is 19.7. The van der Waals surface area contributed by atoms with Gasteiger partial charge >= 0.3 is 5.97 Å². The van der Waals surface area contributed by atoms with Crippen molar-refractivity contribution < 1.29 is 14.6 Å². The number of pyridine rings is 1. The molecule has 0 fully saturated rings. The molecule has 28 heavy (non-hydrogen) atoms. The van der Waals surface area contributed by atoms with Gasteiger partial charge in [-0.3, -0.25) is 9.78 Å². The first-order chi connectivity index (χ1) is 13.6. The lowest BCUT2D eigenvalue weighted by molar-refractivity contribution is 0.0696. The zero-order valence-corrected chi connectivity index (χ0v) is 14.6. The van der Waals surface area contributed by atoms with Crippen LogP contribution in [0.4, 0.5) is 0 Å². The summed E-state index contributed by atoms with van der Waals surface area (Å²) in [4.78, 5) is 34.4. The second-order valence-corrected chi connectivity index (χ2v) is 5.83. The van der Waals surface area contributed by atoms with E-state index in [-0.39, 0.29) is 16.7 Å². The molecule has 3 heterocycles. The maximum Gasteiger partial charge on any atom is 0.337 e. The van der Waals surface area contributed by atoms with E-state index >= 15 is 0 Å². The van der Waals surface area contributed by atoms with E-state index in [1.165, 1.54) is 12.3 Å². The maximum atomic E-state index is 12.2. The number of nitrogens with zero attached hydrogens (tertiary/aromatic N) is 4. The number of aromatic amines is 2. The highest BCUT2D eigenvalue weighted by molar-refractivity contribution is 5.89. The molecule has 0 aliphatic rings. The smallest absolute Gasteiger partial charge is 0.337 e. The fraction of sp³-hybridized carbons (Fsp3) is 0.111. The van der Waals surface area contributed by atoms with E-state index < -0.39 is 11.5 Å². The summed E-state index contributed by atoms with van der Waals surface area (Å²) >= 11 is 0. The highest BCUT2D eigenvalue weighted by Crippen LogP contribution is 2.32. The van der Waals surface area contributed by atoms with Crippen LogP contribution in [0.2, 0.25) is 0 Å². The second-order valence-electron chi connectivity index (χ2n) is 5.83. The minimum atomic E-state index is -1.06. The van der Waals surface area contributed by atoms with Crippen molar-refractivity contribution in [1.82, 2.24) is 30.4 Å². The molecular weight excluding hydrogens is 364 g/mol. The van der Waals surface area contributed by atoms with E-state index in [2.05, 4.69) is 30.4 Å². The average molecular weight is 378 g/mol. The number of aromatic nitrogens is 6. The third-order valence-electron chi connectivity index (χ3n) is 4.06. The van der Waals surface area contributed by atoms with E-state index in [1.54, 1.807) is 24.4 Å². The SMILES string of the molecule is CCOc1cc(-c2cncc(C(=O)O)c2)ccc1-c1nc2[nH]nnc2c(=O)[nH]1. The van der Waals surface area contributed by atoms with E-state index in [9.17, 15) is 9.59 Å². The Morgan fingerprint density at radius 1 is 1.21 bits per heavy atom. The Labute approximate surface area is 157 Å². The number of carboxylic acids is 1. The maximum absolute atomic E-state index is 12.2. The molecule has 0 amide bonds. The molecule has 0 aliphatic heterocycles. The van der Waals surface area contributed by atoms with Gasteiger partial charge in [0.15, 0.2) is 11.2 Å². The molecule has 0 spiro atoms. The summed E-state index contributed by atoms with van der Waals surface area (Å²) in [7, 11) is 0. The molecule has 0 bridgehead atoms. The van der Waals surface area contributed by atoms with E-state index in [0.29, 0.717) is 29.3 Å². The summed E-state index contributed by atoms with van der Waals surface area (Å²) in [5, 5.41) is 19.0. The van der Waals surface area contributed by atoms with Gasteiger partial charge in [-0.25, -0.2) is 14.9 Å². The Balaban J connectivity index is 1.84. The highest BCUT2D eigenvalue weighted by Gasteiger charge is 2.15. The molecule has 0 radical (unpaired) electrons. The number of hydrogen-bond acceptors (Lipinski definition) is 7. The third kappa shape index (κ3) is 3.07. The number of aromatic carboxylic acids is 1. The van der Waals surface area contributed by atoms with E-state index in [4.69, 9.17) is 9.84 Å². The molecule has 4 aromatic rings. The minimum Gasteiger partial charge on any atom is -0.493 e. The first kappa shape index (κ1) is 17.3. The number of ether oxygens (including phenoxy) is 1.